The van der Waals surface area contributed by atoms with Gasteiger partial charge in [-0.3, -0.25) is 0 Å². The average Bonchev–Trinajstić information content (AvgIpc) is 3.31. The molecule has 30 heavy (non-hydrogen) atoms. The Labute approximate surface area is 171 Å². The van der Waals surface area contributed by atoms with Crippen LogP contribution in [0.5, 0.6) is 0 Å². The second-order valence-corrected chi connectivity index (χ2v) is 11.2. The van der Waals surface area contributed by atoms with Gasteiger partial charge in [0.2, 0.25) is 5.95 Å². The van der Waals surface area contributed by atoms with Crippen molar-refractivity contribution >= 4 is 29.3 Å². The third-order valence-electron chi connectivity index (χ3n) is 5.45. The summed E-state index contributed by atoms with van der Waals surface area (Å²) in [6.07, 6.45) is -1.50. The summed E-state index contributed by atoms with van der Waals surface area (Å²) in [7, 11) is -2.64. The second-order valence-electron chi connectivity index (χ2n) is 8.03. The van der Waals surface area contributed by atoms with Gasteiger partial charge in [0, 0.05) is 41.8 Å². The molecule has 2 heterocycles. The fourth-order valence-corrected chi connectivity index (χ4v) is 4.84. The maximum Gasteiger partial charge on any atom is 0.419 e. The van der Waals surface area contributed by atoms with Crippen molar-refractivity contribution in [1.29, 1.82) is 0 Å². The smallest absolute Gasteiger partial charge is 0.396 e. The average molecular weight is 438 g/mol. The molecule has 2 unspecified atom stereocenters. The van der Waals surface area contributed by atoms with Crippen molar-refractivity contribution in [3.05, 3.63) is 36.2 Å². The van der Waals surface area contributed by atoms with E-state index in [1.165, 1.54) is 6.20 Å². The van der Waals surface area contributed by atoms with Crippen molar-refractivity contribution in [2.24, 2.45) is 11.8 Å². The van der Waals surface area contributed by atoms with Crippen LogP contribution in [-0.2, 0) is 10.7 Å². The monoisotopic (exact) mass is 438 g/mol. The number of hydrogen-bond acceptors (Lipinski definition) is 5. The molecule has 1 aliphatic carbocycles. The summed E-state index contributed by atoms with van der Waals surface area (Å²) in [6.45, 7) is 3.83. The second kappa shape index (κ2) is 7.39. The predicted octanol–water partition coefficient (Wildman–Crippen LogP) is 3.93. The number of nitrogens with one attached hydrogen (secondary N) is 2. The summed E-state index contributed by atoms with van der Waals surface area (Å²) in [5.74, 6) is 0.587. The molecule has 4 rings (SSSR count). The maximum absolute atomic E-state index is 13.7. The number of anilines is 1. The number of fused-ring (bicyclic) bond motifs is 1. The summed E-state index contributed by atoms with van der Waals surface area (Å²) in [5.41, 5.74) is -0.348. The third kappa shape index (κ3) is 3.96. The first kappa shape index (κ1) is 20.9. The summed E-state index contributed by atoms with van der Waals surface area (Å²) >= 11 is 0. The minimum absolute atomic E-state index is 0.0991. The van der Waals surface area contributed by atoms with Gasteiger partial charge in [-0.1, -0.05) is 12.1 Å². The van der Waals surface area contributed by atoms with E-state index < -0.39 is 18.9 Å². The Morgan fingerprint density at radius 1 is 1.30 bits per heavy atom. The first-order chi connectivity index (χ1) is 14.1. The van der Waals surface area contributed by atoms with E-state index in [0.29, 0.717) is 22.8 Å². The van der Waals surface area contributed by atoms with E-state index in [0.717, 1.165) is 12.6 Å². The molecule has 2 aromatic heterocycles. The number of hydrogen-bond donors (Lipinski definition) is 3. The van der Waals surface area contributed by atoms with Crippen molar-refractivity contribution in [3.8, 4) is 11.3 Å². The van der Waals surface area contributed by atoms with E-state index in [1.807, 2.05) is 0 Å². The molecule has 0 radical (unpaired) electrons. The molecule has 3 N–H and O–H groups in total. The third-order valence-corrected chi connectivity index (χ3v) is 6.98. The molecular formula is C20H22F3N4O2P. The molecule has 6 nitrogen and oxygen atoms in total. The number of alkyl halides is 3. The first-order valence-corrected chi connectivity index (χ1v) is 12.1. The summed E-state index contributed by atoms with van der Waals surface area (Å²) < 4.78 is 53.6. The van der Waals surface area contributed by atoms with E-state index >= 15 is 0 Å². The molecular weight excluding hydrogens is 416 g/mol. The molecule has 0 saturated heterocycles. The Morgan fingerprint density at radius 2 is 2.07 bits per heavy atom. The zero-order chi connectivity index (χ0) is 21.7. The quantitative estimate of drug-likeness (QED) is 0.508. The highest BCUT2D eigenvalue weighted by atomic mass is 31.2. The van der Waals surface area contributed by atoms with Crippen LogP contribution < -0.4 is 10.6 Å². The highest BCUT2D eigenvalue weighted by Gasteiger charge is 2.38. The van der Waals surface area contributed by atoms with Gasteiger partial charge in [-0.15, -0.1) is 0 Å². The van der Waals surface area contributed by atoms with Gasteiger partial charge in [-0.2, -0.15) is 13.2 Å². The van der Waals surface area contributed by atoms with Crippen LogP contribution in [0.15, 0.2) is 30.6 Å². The number of rotatable bonds is 6. The number of halogens is 3. The Kier molecular flexibility index (Phi) is 5.14. The van der Waals surface area contributed by atoms with Crippen molar-refractivity contribution < 1.29 is 22.8 Å². The topological polar surface area (TPSA) is 90.9 Å². The normalized spacial score (nSPS) is 19.3. The number of aromatic nitrogens is 3. The lowest BCUT2D eigenvalue weighted by Gasteiger charge is -2.14. The van der Waals surface area contributed by atoms with Gasteiger partial charge in [0.25, 0.3) is 0 Å². The Morgan fingerprint density at radius 3 is 2.70 bits per heavy atom. The maximum atomic E-state index is 13.7. The highest BCUT2D eigenvalue weighted by Crippen LogP contribution is 2.42. The van der Waals surface area contributed by atoms with Crippen LogP contribution in [0, 0.1) is 11.8 Å². The van der Waals surface area contributed by atoms with Crippen LogP contribution in [0.3, 0.4) is 0 Å². The summed E-state index contributed by atoms with van der Waals surface area (Å²) in [5, 5.41) is 13.2. The van der Waals surface area contributed by atoms with Crippen LogP contribution >= 0.6 is 7.14 Å². The molecule has 1 aromatic carbocycles. The van der Waals surface area contributed by atoms with Gasteiger partial charge in [0.1, 0.15) is 12.7 Å². The molecule has 0 bridgehead atoms. The van der Waals surface area contributed by atoms with E-state index in [-0.39, 0.29) is 35.6 Å². The number of benzene rings is 1. The lowest BCUT2D eigenvalue weighted by Crippen LogP contribution is -2.13. The first-order valence-electron chi connectivity index (χ1n) is 9.54. The number of H-pyrrole nitrogens is 1. The van der Waals surface area contributed by atoms with E-state index in [4.69, 9.17) is 5.11 Å². The fourth-order valence-electron chi connectivity index (χ4n) is 3.67. The zero-order valence-electron chi connectivity index (χ0n) is 16.5. The van der Waals surface area contributed by atoms with Crippen LogP contribution in [0.4, 0.5) is 19.1 Å². The largest absolute Gasteiger partial charge is 0.419 e. The number of aromatic amines is 1. The van der Waals surface area contributed by atoms with Crippen molar-refractivity contribution in [2.45, 2.75) is 12.6 Å². The van der Waals surface area contributed by atoms with Gasteiger partial charge in [-0.05, 0) is 37.7 Å². The van der Waals surface area contributed by atoms with Crippen molar-refractivity contribution in [2.75, 3.05) is 31.8 Å². The number of para-hydroxylation sites is 1. The van der Waals surface area contributed by atoms with Crippen molar-refractivity contribution in [1.82, 2.24) is 15.0 Å². The van der Waals surface area contributed by atoms with Crippen LogP contribution in [-0.4, -0.2) is 46.5 Å². The fraction of sp³-hybridized carbons (Fsp3) is 0.400. The van der Waals surface area contributed by atoms with Gasteiger partial charge in [-0.25, -0.2) is 9.97 Å². The highest BCUT2D eigenvalue weighted by molar-refractivity contribution is 7.70. The van der Waals surface area contributed by atoms with Crippen LogP contribution in [0.25, 0.3) is 22.2 Å². The number of aliphatic hydroxyl groups is 1. The predicted molar refractivity (Wildman–Crippen MR) is 111 cm³/mol. The molecule has 3 aromatic rings. The minimum Gasteiger partial charge on any atom is -0.396 e. The Bertz CT molecular complexity index is 1140. The molecule has 1 fully saturated rings. The molecule has 160 valence electrons. The minimum atomic E-state index is -4.63. The number of aliphatic hydroxyl groups excluding tert-OH is 1. The molecule has 0 spiro atoms. The lowest BCUT2D eigenvalue weighted by atomic mass is 10.1. The van der Waals surface area contributed by atoms with Gasteiger partial charge in [0.15, 0.2) is 0 Å². The Balaban J connectivity index is 1.78. The molecule has 1 saturated carbocycles. The summed E-state index contributed by atoms with van der Waals surface area (Å²) in [4.78, 5) is 11.0. The Hall–Kier alpha value is -2.38. The van der Waals surface area contributed by atoms with Gasteiger partial charge in [0.05, 0.1) is 11.2 Å². The molecule has 0 aliphatic heterocycles. The SMILES string of the molecule is CP(C)(=O)c1cccc2c(-c3nc(NCC4CC4CO)ncc3C(F)(F)F)c[nH]c12. The summed E-state index contributed by atoms with van der Waals surface area (Å²) in [6, 6.07) is 5.09. The molecule has 2 atom stereocenters. The van der Waals surface area contributed by atoms with E-state index in [2.05, 4.69) is 20.3 Å². The standard InChI is InChI=1S/C20H22F3N4O2P/c1-30(2,29)16-5-3-4-13-14(8-24-18(13)16)17-15(20(21,22)23)9-26-19(27-17)25-7-11-6-12(11)10-28/h3-5,8-9,11-12,24,28H,6-7,10H2,1-2H3,(H,25,26,27). The molecule has 1 aliphatic rings. The molecule has 0 amide bonds. The zero-order valence-corrected chi connectivity index (χ0v) is 17.4. The van der Waals surface area contributed by atoms with E-state index in [9.17, 15) is 17.7 Å². The van der Waals surface area contributed by atoms with Crippen LogP contribution in [0.2, 0.25) is 0 Å². The van der Waals surface area contributed by atoms with Crippen molar-refractivity contribution in [3.63, 3.8) is 0 Å². The molecule has 10 heteroatoms. The number of nitrogens with zero attached hydrogens (tertiary/aromatic N) is 2. The van der Waals surface area contributed by atoms with E-state index in [1.54, 1.807) is 31.5 Å². The van der Waals surface area contributed by atoms with Gasteiger partial charge >= 0.3 is 6.18 Å². The van der Waals surface area contributed by atoms with Crippen LogP contribution in [0.1, 0.15) is 12.0 Å². The lowest BCUT2D eigenvalue weighted by molar-refractivity contribution is -0.137. The van der Waals surface area contributed by atoms with Gasteiger partial charge < -0.3 is 20.0 Å².